The summed E-state index contributed by atoms with van der Waals surface area (Å²) in [6.07, 6.45) is 2.14. The predicted octanol–water partition coefficient (Wildman–Crippen LogP) is 3.18. The van der Waals surface area contributed by atoms with Crippen molar-refractivity contribution in [3.63, 3.8) is 0 Å². The first-order valence-electron chi connectivity index (χ1n) is 7.74. The van der Waals surface area contributed by atoms with Crippen LogP contribution in [0.5, 0.6) is 23.0 Å². The summed E-state index contributed by atoms with van der Waals surface area (Å²) < 4.78 is 21.7. The highest BCUT2D eigenvalue weighted by Crippen LogP contribution is 2.29. The molecule has 0 aliphatic heterocycles. The van der Waals surface area contributed by atoms with Crippen LogP contribution in [0.25, 0.3) is 0 Å². The zero-order valence-corrected chi connectivity index (χ0v) is 14.2. The number of benzene rings is 2. The Morgan fingerprint density at radius 2 is 1.16 bits per heavy atom. The van der Waals surface area contributed by atoms with Crippen molar-refractivity contribution in [3.8, 4) is 23.0 Å². The molecule has 0 N–H and O–H groups in total. The molecule has 2 aromatic carbocycles. The highest BCUT2D eigenvalue weighted by atomic mass is 16.5. The molecule has 0 amide bonds. The summed E-state index contributed by atoms with van der Waals surface area (Å²) in [5.74, 6) is 2.16. The Bertz CT molecular complexity index is 664. The highest BCUT2D eigenvalue weighted by molar-refractivity contribution is 5.76. The molecule has 0 radical (unpaired) electrons. The minimum atomic E-state index is 0.422. The Kier molecular flexibility index (Phi) is 6.83. The van der Waals surface area contributed by atoms with E-state index in [1.165, 1.54) is 14.2 Å². The zero-order valence-electron chi connectivity index (χ0n) is 14.2. The van der Waals surface area contributed by atoms with Gasteiger partial charge in [-0.3, -0.25) is 9.59 Å². The first-order chi connectivity index (χ1) is 12.2. The van der Waals surface area contributed by atoms with Crippen LogP contribution < -0.4 is 18.9 Å². The Morgan fingerprint density at radius 3 is 1.52 bits per heavy atom. The van der Waals surface area contributed by atoms with Crippen LogP contribution in [-0.4, -0.2) is 40.0 Å². The lowest BCUT2D eigenvalue weighted by Crippen LogP contribution is -2.06. The van der Waals surface area contributed by atoms with Crippen LogP contribution >= 0.6 is 0 Å². The number of methoxy groups -OCH3 is 2. The van der Waals surface area contributed by atoms with Gasteiger partial charge in [0.2, 0.25) is 0 Å². The average molecular weight is 344 g/mol. The third-order valence-corrected chi connectivity index (χ3v) is 3.45. The smallest absolute Gasteiger partial charge is 0.161 e. The van der Waals surface area contributed by atoms with Crippen molar-refractivity contribution in [3.05, 3.63) is 47.5 Å². The van der Waals surface area contributed by atoms with Crippen molar-refractivity contribution in [2.75, 3.05) is 27.4 Å². The monoisotopic (exact) mass is 344 g/mol. The van der Waals surface area contributed by atoms with E-state index >= 15 is 0 Å². The van der Waals surface area contributed by atoms with Crippen LogP contribution in [0.1, 0.15) is 27.1 Å². The summed E-state index contributed by atoms with van der Waals surface area (Å²) in [6.45, 7) is 0.844. The van der Waals surface area contributed by atoms with E-state index in [1.807, 2.05) is 0 Å². The molecule has 0 bridgehead atoms. The lowest BCUT2D eigenvalue weighted by Gasteiger charge is -2.13. The van der Waals surface area contributed by atoms with Crippen molar-refractivity contribution in [2.45, 2.75) is 6.42 Å². The summed E-state index contributed by atoms with van der Waals surface area (Å²) >= 11 is 0. The lowest BCUT2D eigenvalue weighted by molar-refractivity contribution is 0.111. The molecule has 2 rings (SSSR count). The molecule has 0 fully saturated rings. The van der Waals surface area contributed by atoms with E-state index < -0.39 is 0 Å². The molecule has 6 nitrogen and oxygen atoms in total. The maximum Gasteiger partial charge on any atom is 0.161 e. The Balaban J connectivity index is 1.84. The number of hydrogen-bond donors (Lipinski definition) is 0. The van der Waals surface area contributed by atoms with Crippen molar-refractivity contribution >= 4 is 12.6 Å². The van der Waals surface area contributed by atoms with Gasteiger partial charge in [-0.15, -0.1) is 0 Å². The summed E-state index contributed by atoms with van der Waals surface area (Å²) in [7, 11) is 3.05. The predicted molar refractivity (Wildman–Crippen MR) is 92.4 cm³/mol. The van der Waals surface area contributed by atoms with E-state index in [9.17, 15) is 9.59 Å². The SMILES string of the molecule is COc1cc(C=O)ccc1OCCCOc1ccc(C=O)cc1OC. The second-order valence-corrected chi connectivity index (χ2v) is 5.11. The molecule has 0 aliphatic carbocycles. The molecule has 132 valence electrons. The van der Waals surface area contributed by atoms with E-state index in [1.54, 1.807) is 36.4 Å². The summed E-state index contributed by atoms with van der Waals surface area (Å²) in [5, 5.41) is 0. The van der Waals surface area contributed by atoms with Gasteiger partial charge in [0.15, 0.2) is 23.0 Å². The van der Waals surface area contributed by atoms with Gasteiger partial charge in [-0.2, -0.15) is 0 Å². The van der Waals surface area contributed by atoms with Crippen LogP contribution in [0, 0.1) is 0 Å². The molecule has 0 aromatic heterocycles. The van der Waals surface area contributed by atoms with Gasteiger partial charge in [-0.25, -0.2) is 0 Å². The van der Waals surface area contributed by atoms with E-state index in [2.05, 4.69) is 0 Å². The topological polar surface area (TPSA) is 71.1 Å². The minimum Gasteiger partial charge on any atom is -0.493 e. The zero-order chi connectivity index (χ0) is 18.1. The molecule has 0 unspecified atom stereocenters. The summed E-state index contributed by atoms with van der Waals surface area (Å²) in [5.41, 5.74) is 1.05. The molecule has 0 saturated carbocycles. The lowest BCUT2D eigenvalue weighted by atomic mass is 10.2. The Labute approximate surface area is 146 Å². The molecule has 0 saturated heterocycles. The minimum absolute atomic E-state index is 0.422. The van der Waals surface area contributed by atoms with E-state index in [-0.39, 0.29) is 0 Å². The van der Waals surface area contributed by atoms with Gasteiger partial charge in [-0.05, 0) is 36.4 Å². The van der Waals surface area contributed by atoms with E-state index in [0.717, 1.165) is 12.6 Å². The first-order valence-corrected chi connectivity index (χ1v) is 7.74. The third kappa shape index (κ3) is 4.97. The maximum absolute atomic E-state index is 10.8. The van der Waals surface area contributed by atoms with Crippen molar-refractivity contribution in [1.82, 2.24) is 0 Å². The number of carbonyl (C=O) groups excluding carboxylic acids is 2. The Hall–Kier alpha value is -3.02. The van der Waals surface area contributed by atoms with Gasteiger partial charge in [0, 0.05) is 17.5 Å². The molecule has 6 heteroatoms. The number of hydrogen-bond acceptors (Lipinski definition) is 6. The van der Waals surface area contributed by atoms with Gasteiger partial charge in [0.25, 0.3) is 0 Å². The number of ether oxygens (including phenoxy) is 4. The molecule has 2 aromatic rings. The fourth-order valence-electron chi connectivity index (χ4n) is 2.18. The van der Waals surface area contributed by atoms with Gasteiger partial charge < -0.3 is 18.9 Å². The molecule has 0 heterocycles. The van der Waals surface area contributed by atoms with Gasteiger partial charge >= 0.3 is 0 Å². The van der Waals surface area contributed by atoms with Gasteiger partial charge in [-0.1, -0.05) is 0 Å². The first kappa shape index (κ1) is 18.3. The second kappa shape index (κ2) is 9.32. The molecular weight excluding hydrogens is 324 g/mol. The van der Waals surface area contributed by atoms with Crippen LogP contribution in [-0.2, 0) is 0 Å². The fraction of sp³-hybridized carbons (Fsp3) is 0.263. The largest absolute Gasteiger partial charge is 0.493 e. The fourth-order valence-corrected chi connectivity index (χ4v) is 2.18. The number of carbonyl (C=O) groups is 2. The molecular formula is C19H20O6. The van der Waals surface area contributed by atoms with Crippen molar-refractivity contribution in [2.24, 2.45) is 0 Å². The van der Waals surface area contributed by atoms with Gasteiger partial charge in [0.1, 0.15) is 12.6 Å². The molecule has 0 aliphatic rings. The third-order valence-electron chi connectivity index (χ3n) is 3.45. The van der Waals surface area contributed by atoms with Crippen molar-refractivity contribution in [1.29, 1.82) is 0 Å². The molecule has 25 heavy (non-hydrogen) atoms. The van der Waals surface area contributed by atoms with Gasteiger partial charge in [0.05, 0.1) is 27.4 Å². The van der Waals surface area contributed by atoms with E-state index in [4.69, 9.17) is 18.9 Å². The van der Waals surface area contributed by atoms with Crippen molar-refractivity contribution < 1.29 is 28.5 Å². The van der Waals surface area contributed by atoms with Crippen LogP contribution in [0.2, 0.25) is 0 Å². The number of rotatable bonds is 10. The number of aldehydes is 2. The Morgan fingerprint density at radius 1 is 0.720 bits per heavy atom. The second-order valence-electron chi connectivity index (χ2n) is 5.11. The summed E-state index contributed by atoms with van der Waals surface area (Å²) in [6, 6.07) is 9.98. The van der Waals surface area contributed by atoms with E-state index in [0.29, 0.717) is 53.8 Å². The average Bonchev–Trinajstić information content (AvgIpc) is 2.67. The maximum atomic E-state index is 10.8. The quantitative estimate of drug-likeness (QED) is 0.487. The highest BCUT2D eigenvalue weighted by Gasteiger charge is 2.07. The summed E-state index contributed by atoms with van der Waals surface area (Å²) in [4.78, 5) is 21.5. The normalized spacial score (nSPS) is 10.0. The van der Waals surface area contributed by atoms with Crippen LogP contribution in [0.4, 0.5) is 0 Å². The molecule has 0 atom stereocenters. The van der Waals surface area contributed by atoms with Crippen LogP contribution in [0.15, 0.2) is 36.4 Å². The van der Waals surface area contributed by atoms with Crippen LogP contribution in [0.3, 0.4) is 0 Å². The molecule has 0 spiro atoms. The standard InChI is InChI=1S/C19H20O6/c1-22-18-10-14(12-20)4-6-16(18)24-8-3-9-25-17-7-5-15(13-21)11-19(17)23-2/h4-7,10-13H,3,8-9H2,1-2H3.